The third-order valence-corrected chi connectivity index (χ3v) is 7.04. The largest absolute Gasteiger partial charge is 0.348 e. The number of nitrogens with one attached hydrogen (secondary N) is 1. The van der Waals surface area contributed by atoms with Crippen molar-refractivity contribution in [2.45, 2.75) is 57.8 Å². The molecule has 0 bridgehead atoms. The van der Waals surface area contributed by atoms with Crippen LogP contribution in [-0.2, 0) is 14.3 Å². The molecule has 0 aromatic carbocycles. The fourth-order valence-electron chi connectivity index (χ4n) is 5.32. The molecule has 1 saturated carbocycles. The van der Waals surface area contributed by atoms with E-state index in [2.05, 4.69) is 31.1 Å². The third-order valence-electron chi connectivity index (χ3n) is 7.04. The molecule has 1 spiro atoms. The summed E-state index contributed by atoms with van der Waals surface area (Å²) in [5, 5.41) is 2.94. The molecule has 0 unspecified atom stereocenters. The third kappa shape index (κ3) is 6.18. The van der Waals surface area contributed by atoms with Crippen LogP contribution >= 0.6 is 0 Å². The minimum Gasteiger partial charge on any atom is -0.348 e. The first kappa shape index (κ1) is 24.4. The second kappa shape index (κ2) is 10.6. The lowest BCUT2D eigenvalue weighted by atomic mass is 9.72. The number of urea groups is 1. The van der Waals surface area contributed by atoms with Gasteiger partial charge in [-0.05, 0) is 52.2 Å². The van der Waals surface area contributed by atoms with Gasteiger partial charge in [-0.25, -0.2) is 4.79 Å². The monoisotopic (exact) mass is 438 g/mol. The second-order valence-electron chi connectivity index (χ2n) is 10.3. The summed E-state index contributed by atoms with van der Waals surface area (Å²) in [6.45, 7) is 8.01. The first-order valence-electron chi connectivity index (χ1n) is 11.9. The van der Waals surface area contributed by atoms with Crippen molar-refractivity contribution in [3.05, 3.63) is 0 Å². The van der Waals surface area contributed by atoms with Crippen molar-refractivity contribution in [2.75, 3.05) is 60.5 Å². The molecule has 3 rings (SSSR count). The van der Waals surface area contributed by atoms with E-state index in [1.54, 1.807) is 0 Å². The summed E-state index contributed by atoms with van der Waals surface area (Å²) in [6, 6.07) is 0.195. The van der Waals surface area contributed by atoms with E-state index in [-0.39, 0.29) is 17.9 Å². The van der Waals surface area contributed by atoms with Gasteiger partial charge in [0, 0.05) is 45.1 Å². The minimum atomic E-state index is -0.451. The van der Waals surface area contributed by atoms with Crippen molar-refractivity contribution in [1.82, 2.24) is 20.0 Å². The van der Waals surface area contributed by atoms with Gasteiger partial charge >= 0.3 is 6.03 Å². The lowest BCUT2D eigenvalue weighted by Crippen LogP contribution is -2.57. The molecule has 2 aliphatic heterocycles. The molecule has 178 valence electrons. The van der Waals surface area contributed by atoms with Gasteiger partial charge in [-0.1, -0.05) is 13.8 Å². The number of amides is 3. The van der Waals surface area contributed by atoms with E-state index in [9.17, 15) is 9.59 Å². The van der Waals surface area contributed by atoms with E-state index in [4.69, 9.17) is 9.47 Å². The molecular weight excluding hydrogens is 396 g/mol. The molecule has 0 aromatic heterocycles. The Bertz CT molecular complexity index is 621. The predicted molar refractivity (Wildman–Crippen MR) is 120 cm³/mol. The van der Waals surface area contributed by atoms with Gasteiger partial charge in [-0.3, -0.25) is 9.69 Å². The smallest absolute Gasteiger partial charge is 0.324 e. The van der Waals surface area contributed by atoms with Crippen LogP contribution in [-0.4, -0.2) is 99.0 Å². The van der Waals surface area contributed by atoms with Crippen molar-refractivity contribution >= 4 is 11.9 Å². The molecule has 3 atom stereocenters. The van der Waals surface area contributed by atoms with E-state index >= 15 is 0 Å². The molecule has 31 heavy (non-hydrogen) atoms. The number of carbonyl (C=O) groups is 2. The van der Waals surface area contributed by atoms with Gasteiger partial charge in [0.25, 0.3) is 0 Å². The van der Waals surface area contributed by atoms with Crippen LogP contribution in [0, 0.1) is 17.8 Å². The Hall–Kier alpha value is -1.22. The first-order chi connectivity index (χ1) is 14.7. The van der Waals surface area contributed by atoms with Gasteiger partial charge in [0.2, 0.25) is 5.91 Å². The zero-order chi connectivity index (χ0) is 22.6. The van der Waals surface area contributed by atoms with Crippen LogP contribution in [0.1, 0.15) is 46.0 Å². The van der Waals surface area contributed by atoms with Crippen molar-refractivity contribution in [3.8, 4) is 0 Å². The summed E-state index contributed by atoms with van der Waals surface area (Å²) in [7, 11) is 6.05. The van der Waals surface area contributed by atoms with Crippen LogP contribution in [0.4, 0.5) is 4.79 Å². The Kier molecular flexibility index (Phi) is 8.35. The molecule has 3 aliphatic rings. The SMILES string of the molecule is CC(C)CCN(C(=O)NCCN(C)C)C(=O)[C@@H]1C[C@@H]2CC3(CC[C@H]2N(C)C1)OCCO3. The topological polar surface area (TPSA) is 74.4 Å². The molecule has 0 aromatic rings. The molecule has 8 nitrogen and oxygen atoms in total. The fraction of sp³-hybridized carbons (Fsp3) is 0.913. The van der Waals surface area contributed by atoms with E-state index in [0.29, 0.717) is 50.7 Å². The maximum absolute atomic E-state index is 13.5. The van der Waals surface area contributed by atoms with Gasteiger partial charge < -0.3 is 24.6 Å². The van der Waals surface area contributed by atoms with Crippen LogP contribution < -0.4 is 5.32 Å². The summed E-state index contributed by atoms with van der Waals surface area (Å²) >= 11 is 0. The molecule has 1 aliphatic carbocycles. The van der Waals surface area contributed by atoms with Crippen molar-refractivity contribution in [1.29, 1.82) is 0 Å². The van der Waals surface area contributed by atoms with Gasteiger partial charge in [-0.2, -0.15) is 0 Å². The van der Waals surface area contributed by atoms with Crippen molar-refractivity contribution in [3.63, 3.8) is 0 Å². The molecule has 2 saturated heterocycles. The normalized spacial score (nSPS) is 28.2. The molecular formula is C23H42N4O4. The van der Waals surface area contributed by atoms with Gasteiger partial charge in [0.15, 0.2) is 5.79 Å². The number of fused-ring (bicyclic) bond motifs is 1. The van der Waals surface area contributed by atoms with Crippen molar-refractivity contribution < 1.29 is 19.1 Å². The summed E-state index contributed by atoms with van der Waals surface area (Å²) < 4.78 is 11.9. The standard InChI is InChI=1S/C23H42N4O4/c1-17(2)7-10-27(22(29)24-9-11-25(3)4)21(28)19-14-18-15-23(30-12-13-31-23)8-6-20(18)26(5)16-19/h17-20H,6-16H2,1-5H3,(H,24,29)/t18-,19-,20-/m1/s1. The highest BCUT2D eigenvalue weighted by molar-refractivity contribution is 5.95. The lowest BCUT2D eigenvalue weighted by Gasteiger charge is -2.49. The Labute approximate surface area is 187 Å². The lowest BCUT2D eigenvalue weighted by molar-refractivity contribution is -0.202. The number of hydrogen-bond acceptors (Lipinski definition) is 6. The average molecular weight is 439 g/mol. The van der Waals surface area contributed by atoms with E-state index in [1.165, 1.54) is 4.90 Å². The van der Waals surface area contributed by atoms with Crippen LogP contribution in [0.3, 0.4) is 0 Å². The van der Waals surface area contributed by atoms with Gasteiger partial charge in [-0.15, -0.1) is 0 Å². The number of nitrogens with zero attached hydrogens (tertiary/aromatic N) is 3. The average Bonchev–Trinajstić information content (AvgIpc) is 3.14. The number of ether oxygens (including phenoxy) is 2. The Balaban J connectivity index is 1.66. The number of imide groups is 1. The number of likely N-dealkylation sites (tertiary alicyclic amines) is 1. The van der Waals surface area contributed by atoms with Crippen molar-refractivity contribution in [2.24, 2.45) is 17.8 Å². The highest BCUT2D eigenvalue weighted by atomic mass is 16.7. The highest BCUT2D eigenvalue weighted by Crippen LogP contribution is 2.45. The summed E-state index contributed by atoms with van der Waals surface area (Å²) in [5.41, 5.74) is 0. The molecule has 1 N–H and O–H groups in total. The number of hydrogen-bond donors (Lipinski definition) is 1. The number of carbonyl (C=O) groups excluding carboxylic acids is 2. The molecule has 0 radical (unpaired) electrons. The molecule has 3 fully saturated rings. The highest BCUT2D eigenvalue weighted by Gasteiger charge is 2.49. The van der Waals surface area contributed by atoms with E-state index < -0.39 is 5.79 Å². The number of rotatable bonds is 7. The zero-order valence-electron chi connectivity index (χ0n) is 20.1. The Morgan fingerprint density at radius 3 is 2.55 bits per heavy atom. The van der Waals surface area contributed by atoms with Crippen LogP contribution in [0.5, 0.6) is 0 Å². The first-order valence-corrected chi connectivity index (χ1v) is 11.9. The maximum Gasteiger partial charge on any atom is 0.324 e. The Morgan fingerprint density at radius 2 is 1.90 bits per heavy atom. The van der Waals surface area contributed by atoms with E-state index in [1.807, 2.05) is 19.0 Å². The number of likely N-dealkylation sites (N-methyl/N-ethyl adjacent to an activating group) is 1. The minimum absolute atomic E-state index is 0.0406. The van der Waals surface area contributed by atoms with Crippen LogP contribution in [0.15, 0.2) is 0 Å². The fourth-order valence-corrected chi connectivity index (χ4v) is 5.32. The van der Waals surface area contributed by atoms with Crippen LogP contribution in [0.25, 0.3) is 0 Å². The van der Waals surface area contributed by atoms with Gasteiger partial charge in [0.1, 0.15) is 0 Å². The maximum atomic E-state index is 13.5. The molecule has 8 heteroatoms. The summed E-state index contributed by atoms with van der Waals surface area (Å²) in [5.74, 6) is 0.116. The Morgan fingerprint density at radius 1 is 1.19 bits per heavy atom. The van der Waals surface area contributed by atoms with E-state index in [0.717, 1.165) is 38.6 Å². The molecule has 2 heterocycles. The summed E-state index contributed by atoms with van der Waals surface area (Å²) in [6.07, 6.45) is 4.40. The van der Waals surface area contributed by atoms with Crippen LogP contribution in [0.2, 0.25) is 0 Å². The molecule has 3 amide bonds. The predicted octanol–water partition coefficient (Wildman–Crippen LogP) is 2.00. The quantitative estimate of drug-likeness (QED) is 0.655. The van der Waals surface area contributed by atoms with Gasteiger partial charge in [0.05, 0.1) is 19.1 Å². The second-order valence-corrected chi connectivity index (χ2v) is 10.3. The number of piperidine rings is 1. The summed E-state index contributed by atoms with van der Waals surface area (Å²) in [4.78, 5) is 32.3. The zero-order valence-corrected chi connectivity index (χ0v) is 20.1.